The number of carbonyl (C=O) groups excluding carboxylic acids is 1. The van der Waals surface area contributed by atoms with Gasteiger partial charge in [0.2, 0.25) is 0 Å². The van der Waals surface area contributed by atoms with Crippen molar-refractivity contribution in [1.29, 1.82) is 0 Å². The van der Waals surface area contributed by atoms with Gasteiger partial charge < -0.3 is 9.15 Å². The monoisotopic (exact) mass is 312 g/mol. The molecule has 0 radical (unpaired) electrons. The van der Waals surface area contributed by atoms with Gasteiger partial charge in [-0.1, -0.05) is 11.6 Å². The number of aryl methyl sites for hydroxylation is 1. The third-order valence-electron chi connectivity index (χ3n) is 3.38. The maximum Gasteiger partial charge on any atom is 0.308 e. The van der Waals surface area contributed by atoms with Gasteiger partial charge in [-0.25, -0.2) is 0 Å². The minimum atomic E-state index is -0.322. The van der Waals surface area contributed by atoms with E-state index in [4.69, 9.17) is 9.15 Å². The summed E-state index contributed by atoms with van der Waals surface area (Å²) in [7, 11) is 0. The van der Waals surface area contributed by atoms with Gasteiger partial charge in [0, 0.05) is 17.9 Å². The number of benzene rings is 2. The molecule has 0 aliphatic heterocycles. The predicted molar refractivity (Wildman–Crippen MR) is 89.5 cm³/mol. The Kier molecular flexibility index (Phi) is 3.94. The maximum atomic E-state index is 11.0. The highest BCUT2D eigenvalue weighted by Crippen LogP contribution is 2.39. The number of hydrogen-bond acceptors (Lipinski definition) is 4. The van der Waals surface area contributed by atoms with Crippen molar-refractivity contribution in [3.63, 3.8) is 0 Å². The second-order valence-corrected chi connectivity index (χ2v) is 5.90. The number of fused-ring (bicyclic) bond motifs is 1. The predicted octanol–water partition coefficient (Wildman–Crippen LogP) is 5.06. The molecule has 0 amide bonds. The fraction of sp³-hybridized carbons (Fsp3) is 0.167. The van der Waals surface area contributed by atoms with Gasteiger partial charge in [0.1, 0.15) is 17.1 Å². The van der Waals surface area contributed by atoms with Gasteiger partial charge >= 0.3 is 5.97 Å². The van der Waals surface area contributed by atoms with E-state index in [9.17, 15) is 4.79 Å². The first kappa shape index (κ1) is 14.7. The second-order valence-electron chi connectivity index (χ2n) is 5.08. The summed E-state index contributed by atoms with van der Waals surface area (Å²) in [6.07, 6.45) is 2.04. The highest BCUT2D eigenvalue weighted by atomic mass is 32.2. The van der Waals surface area contributed by atoms with Gasteiger partial charge in [0.15, 0.2) is 0 Å². The van der Waals surface area contributed by atoms with Crippen LogP contribution in [0.3, 0.4) is 0 Å². The van der Waals surface area contributed by atoms with E-state index in [2.05, 4.69) is 13.0 Å². The first-order chi connectivity index (χ1) is 10.6. The highest BCUT2D eigenvalue weighted by molar-refractivity contribution is 7.99. The third-order valence-corrected chi connectivity index (χ3v) is 4.19. The number of furan rings is 1. The van der Waals surface area contributed by atoms with E-state index in [-0.39, 0.29) is 5.97 Å². The molecule has 112 valence electrons. The standard InChI is InChI=1S/C18H16O3S/c1-11-4-9-16-15(10-11)18(22-3)17(21-16)13-5-7-14(8-6-13)20-12(2)19/h4-10H,1-3H3. The summed E-state index contributed by atoms with van der Waals surface area (Å²) < 4.78 is 11.1. The smallest absolute Gasteiger partial charge is 0.308 e. The Morgan fingerprint density at radius 1 is 1.14 bits per heavy atom. The molecule has 0 saturated heterocycles. The van der Waals surface area contributed by atoms with E-state index in [0.29, 0.717) is 5.75 Å². The molecule has 0 atom stereocenters. The first-order valence-corrected chi connectivity index (χ1v) is 8.17. The summed E-state index contributed by atoms with van der Waals surface area (Å²) in [5.74, 6) is 1.06. The zero-order chi connectivity index (χ0) is 15.7. The maximum absolute atomic E-state index is 11.0. The molecular formula is C18H16O3S. The fourth-order valence-electron chi connectivity index (χ4n) is 2.42. The van der Waals surface area contributed by atoms with Gasteiger partial charge in [-0.3, -0.25) is 4.79 Å². The largest absolute Gasteiger partial charge is 0.455 e. The molecule has 0 bridgehead atoms. The molecule has 0 aliphatic rings. The van der Waals surface area contributed by atoms with Crippen LogP contribution >= 0.6 is 11.8 Å². The van der Waals surface area contributed by atoms with Crippen LogP contribution < -0.4 is 4.74 Å². The number of ether oxygens (including phenoxy) is 1. The molecular weight excluding hydrogens is 296 g/mol. The van der Waals surface area contributed by atoms with Crippen LogP contribution in [0.25, 0.3) is 22.3 Å². The molecule has 1 heterocycles. The molecule has 2 aromatic carbocycles. The van der Waals surface area contributed by atoms with E-state index >= 15 is 0 Å². The summed E-state index contributed by atoms with van der Waals surface area (Å²) in [5.41, 5.74) is 3.06. The van der Waals surface area contributed by atoms with Crippen LogP contribution in [0, 0.1) is 6.92 Å². The van der Waals surface area contributed by atoms with Crippen LogP contribution in [-0.4, -0.2) is 12.2 Å². The lowest BCUT2D eigenvalue weighted by Gasteiger charge is -2.03. The molecule has 3 aromatic rings. The zero-order valence-electron chi connectivity index (χ0n) is 12.7. The van der Waals surface area contributed by atoms with Gasteiger partial charge in [-0.15, -0.1) is 11.8 Å². The van der Waals surface area contributed by atoms with Crippen molar-refractivity contribution in [1.82, 2.24) is 0 Å². The van der Waals surface area contributed by atoms with E-state index in [0.717, 1.165) is 27.2 Å². The summed E-state index contributed by atoms with van der Waals surface area (Å²) in [6.45, 7) is 3.46. The number of esters is 1. The lowest BCUT2D eigenvalue weighted by molar-refractivity contribution is -0.131. The van der Waals surface area contributed by atoms with Crippen LogP contribution in [0.5, 0.6) is 5.75 Å². The molecule has 3 rings (SSSR count). The number of rotatable bonds is 3. The van der Waals surface area contributed by atoms with Crippen molar-refractivity contribution in [3.8, 4) is 17.1 Å². The zero-order valence-corrected chi connectivity index (χ0v) is 13.5. The number of thioether (sulfide) groups is 1. The van der Waals surface area contributed by atoms with Crippen molar-refractivity contribution >= 4 is 28.7 Å². The Hall–Kier alpha value is -2.20. The Morgan fingerprint density at radius 3 is 2.50 bits per heavy atom. The molecule has 0 unspecified atom stereocenters. The Labute approximate surface area is 133 Å². The van der Waals surface area contributed by atoms with E-state index in [1.165, 1.54) is 12.5 Å². The average molecular weight is 312 g/mol. The molecule has 0 fully saturated rings. The van der Waals surface area contributed by atoms with E-state index < -0.39 is 0 Å². The molecule has 4 heteroatoms. The van der Waals surface area contributed by atoms with Crippen molar-refractivity contribution in [3.05, 3.63) is 48.0 Å². The minimum Gasteiger partial charge on any atom is -0.455 e. The Bertz CT molecular complexity index is 831. The summed E-state index contributed by atoms with van der Waals surface area (Å²) in [4.78, 5) is 12.1. The lowest BCUT2D eigenvalue weighted by atomic mass is 10.1. The minimum absolute atomic E-state index is 0.322. The van der Waals surface area contributed by atoms with E-state index in [1.54, 1.807) is 23.9 Å². The van der Waals surface area contributed by atoms with Gasteiger partial charge in [0.25, 0.3) is 0 Å². The molecule has 0 saturated carbocycles. The Balaban J connectivity index is 2.07. The van der Waals surface area contributed by atoms with Crippen molar-refractivity contribution in [2.75, 3.05) is 6.26 Å². The molecule has 3 nitrogen and oxygen atoms in total. The van der Waals surface area contributed by atoms with Crippen molar-refractivity contribution < 1.29 is 13.9 Å². The molecule has 22 heavy (non-hydrogen) atoms. The van der Waals surface area contributed by atoms with Crippen LogP contribution in [0.2, 0.25) is 0 Å². The summed E-state index contributed by atoms with van der Waals surface area (Å²) >= 11 is 1.67. The first-order valence-electron chi connectivity index (χ1n) is 6.94. The topological polar surface area (TPSA) is 39.4 Å². The van der Waals surface area contributed by atoms with E-state index in [1.807, 2.05) is 30.5 Å². The van der Waals surface area contributed by atoms with Crippen LogP contribution in [-0.2, 0) is 4.79 Å². The molecule has 1 aromatic heterocycles. The van der Waals surface area contributed by atoms with Gasteiger partial charge in [-0.2, -0.15) is 0 Å². The highest BCUT2D eigenvalue weighted by Gasteiger charge is 2.15. The Morgan fingerprint density at radius 2 is 1.86 bits per heavy atom. The number of carbonyl (C=O) groups is 1. The number of hydrogen-bond donors (Lipinski definition) is 0. The summed E-state index contributed by atoms with van der Waals surface area (Å²) in [5, 5.41) is 1.13. The molecule has 0 spiro atoms. The third kappa shape index (κ3) is 2.74. The van der Waals surface area contributed by atoms with Crippen LogP contribution in [0.1, 0.15) is 12.5 Å². The van der Waals surface area contributed by atoms with Crippen molar-refractivity contribution in [2.45, 2.75) is 18.7 Å². The fourth-order valence-corrected chi connectivity index (χ4v) is 3.15. The average Bonchev–Trinajstić information content (AvgIpc) is 2.85. The van der Waals surface area contributed by atoms with Gasteiger partial charge in [-0.05, 0) is 49.6 Å². The summed E-state index contributed by atoms with van der Waals surface area (Å²) in [6, 6.07) is 13.6. The molecule has 0 aliphatic carbocycles. The molecule has 0 N–H and O–H groups in total. The lowest BCUT2D eigenvalue weighted by Crippen LogP contribution is -2.00. The quantitative estimate of drug-likeness (QED) is 0.385. The van der Waals surface area contributed by atoms with Crippen LogP contribution in [0.4, 0.5) is 0 Å². The van der Waals surface area contributed by atoms with Crippen molar-refractivity contribution in [2.24, 2.45) is 0 Å². The van der Waals surface area contributed by atoms with Crippen LogP contribution in [0.15, 0.2) is 51.8 Å². The van der Waals surface area contributed by atoms with Gasteiger partial charge in [0.05, 0.1) is 4.90 Å². The normalized spacial score (nSPS) is 10.9. The second kappa shape index (κ2) is 5.89. The SMILES string of the molecule is CSc1c(-c2ccc(OC(C)=O)cc2)oc2ccc(C)cc12.